The Morgan fingerprint density at radius 1 is 1.19 bits per heavy atom. The van der Waals surface area contributed by atoms with Gasteiger partial charge in [-0.05, 0) is 42.4 Å². The second-order valence-corrected chi connectivity index (χ2v) is 4.39. The fourth-order valence-corrected chi connectivity index (χ4v) is 1.52. The zero-order valence-electron chi connectivity index (χ0n) is 11.5. The molecule has 0 saturated heterocycles. The maximum absolute atomic E-state index is 4.19. The normalized spacial score (nSPS) is 13.9. The van der Waals surface area contributed by atoms with Crippen molar-refractivity contribution in [1.82, 2.24) is 0 Å². The van der Waals surface area contributed by atoms with Gasteiger partial charge in [-0.1, -0.05) is 58.6 Å². The molecule has 0 saturated carbocycles. The Hall–Kier alpha value is -1.04. The predicted octanol–water partition coefficient (Wildman–Crippen LogP) is 5.45. The summed E-state index contributed by atoms with van der Waals surface area (Å²) in [6.07, 6.45) is 10.9. The van der Waals surface area contributed by atoms with Crippen molar-refractivity contribution in [2.45, 2.75) is 47.5 Å². The van der Waals surface area contributed by atoms with Crippen LogP contribution in [0.25, 0.3) is 0 Å². The lowest BCUT2D eigenvalue weighted by molar-refractivity contribution is 0.783. The quantitative estimate of drug-likeness (QED) is 0.520. The third-order valence-corrected chi connectivity index (χ3v) is 2.61. The molecule has 0 unspecified atom stereocenters. The summed E-state index contributed by atoms with van der Waals surface area (Å²) in [6, 6.07) is 0. The molecule has 0 aromatic rings. The van der Waals surface area contributed by atoms with Gasteiger partial charge in [-0.25, -0.2) is 0 Å². The first kappa shape index (κ1) is 15.0. The van der Waals surface area contributed by atoms with E-state index in [1.807, 2.05) is 0 Å². The van der Waals surface area contributed by atoms with E-state index in [0.717, 1.165) is 12.8 Å². The molecule has 0 nitrogen and oxygen atoms in total. The van der Waals surface area contributed by atoms with Gasteiger partial charge in [-0.15, -0.1) is 0 Å². The molecule has 0 aromatic heterocycles. The van der Waals surface area contributed by atoms with Crippen molar-refractivity contribution in [3.8, 4) is 0 Å². The number of hydrogen-bond acceptors (Lipinski definition) is 0. The molecule has 90 valence electrons. The summed E-state index contributed by atoms with van der Waals surface area (Å²) in [6.45, 7) is 15.1. The van der Waals surface area contributed by atoms with E-state index in [2.05, 4.69) is 65.5 Å². The molecule has 0 rings (SSSR count). The van der Waals surface area contributed by atoms with Crippen LogP contribution in [0.4, 0.5) is 0 Å². The van der Waals surface area contributed by atoms with Crippen LogP contribution in [0, 0.1) is 5.92 Å². The van der Waals surface area contributed by atoms with Crippen molar-refractivity contribution in [3.05, 3.63) is 47.6 Å². The molecule has 0 N–H and O–H groups in total. The first-order chi connectivity index (χ1) is 7.54. The van der Waals surface area contributed by atoms with Gasteiger partial charge >= 0.3 is 0 Å². The molecule has 0 amide bonds. The van der Waals surface area contributed by atoms with Gasteiger partial charge in [0.15, 0.2) is 0 Å². The van der Waals surface area contributed by atoms with Gasteiger partial charge in [-0.2, -0.15) is 0 Å². The smallest absolute Gasteiger partial charge is 0.0202 e. The second-order valence-electron chi connectivity index (χ2n) is 4.39. The van der Waals surface area contributed by atoms with Crippen molar-refractivity contribution in [2.75, 3.05) is 0 Å². The van der Waals surface area contributed by atoms with Gasteiger partial charge < -0.3 is 0 Å². The number of hydrogen-bond donors (Lipinski definition) is 0. The molecule has 0 atom stereocenters. The van der Waals surface area contributed by atoms with E-state index in [-0.39, 0.29) is 0 Å². The van der Waals surface area contributed by atoms with Crippen LogP contribution in [0.5, 0.6) is 0 Å². The lowest BCUT2D eigenvalue weighted by atomic mass is 9.91. The van der Waals surface area contributed by atoms with Crippen LogP contribution in [0.15, 0.2) is 47.6 Å². The van der Waals surface area contributed by atoms with E-state index >= 15 is 0 Å². The van der Waals surface area contributed by atoms with Crippen LogP contribution in [0.1, 0.15) is 47.5 Å². The minimum Gasteiger partial charge on any atom is -0.0950 e. The van der Waals surface area contributed by atoms with Gasteiger partial charge in [-0.3, -0.25) is 0 Å². The molecule has 16 heavy (non-hydrogen) atoms. The van der Waals surface area contributed by atoms with Gasteiger partial charge in [0.2, 0.25) is 0 Å². The fraction of sp³-hybridized carbons (Fsp3) is 0.500. The van der Waals surface area contributed by atoms with Gasteiger partial charge in [0.05, 0.1) is 0 Å². The molecule has 0 heteroatoms. The highest BCUT2D eigenvalue weighted by molar-refractivity contribution is 5.46. The first-order valence-electron chi connectivity index (χ1n) is 6.27. The summed E-state index contributed by atoms with van der Waals surface area (Å²) in [7, 11) is 0. The Morgan fingerprint density at radius 3 is 2.25 bits per heavy atom. The van der Waals surface area contributed by atoms with E-state index in [1.54, 1.807) is 0 Å². The molecular formula is C16H26. The van der Waals surface area contributed by atoms with E-state index in [1.165, 1.54) is 16.7 Å². The van der Waals surface area contributed by atoms with Crippen molar-refractivity contribution >= 4 is 0 Å². The Bertz CT molecular complexity index is 298. The van der Waals surface area contributed by atoms with Crippen LogP contribution in [-0.4, -0.2) is 0 Å². The largest absolute Gasteiger partial charge is 0.0950 e. The third-order valence-electron chi connectivity index (χ3n) is 2.61. The number of allylic oxidation sites excluding steroid dienone is 7. The van der Waals surface area contributed by atoms with Crippen LogP contribution in [0.3, 0.4) is 0 Å². The van der Waals surface area contributed by atoms with Crippen molar-refractivity contribution in [2.24, 2.45) is 5.92 Å². The minimum absolute atomic E-state index is 0.501. The molecule has 0 heterocycles. The fourth-order valence-electron chi connectivity index (χ4n) is 1.52. The Kier molecular flexibility index (Phi) is 7.62. The lowest BCUT2D eigenvalue weighted by Crippen LogP contribution is -1.98. The zero-order chi connectivity index (χ0) is 12.6. The average Bonchev–Trinajstić information content (AvgIpc) is 2.23. The van der Waals surface area contributed by atoms with E-state index in [0.29, 0.717) is 5.92 Å². The monoisotopic (exact) mass is 218 g/mol. The minimum atomic E-state index is 0.501. The second kappa shape index (κ2) is 8.15. The van der Waals surface area contributed by atoms with Crippen molar-refractivity contribution in [3.63, 3.8) is 0 Å². The summed E-state index contributed by atoms with van der Waals surface area (Å²) < 4.78 is 0. The molecule has 0 aliphatic rings. The van der Waals surface area contributed by atoms with Crippen LogP contribution in [0.2, 0.25) is 0 Å². The molecule has 0 aliphatic carbocycles. The summed E-state index contributed by atoms with van der Waals surface area (Å²) >= 11 is 0. The van der Waals surface area contributed by atoms with Crippen molar-refractivity contribution < 1.29 is 0 Å². The van der Waals surface area contributed by atoms with Crippen LogP contribution < -0.4 is 0 Å². The summed E-state index contributed by atoms with van der Waals surface area (Å²) in [5, 5.41) is 0. The highest BCUT2D eigenvalue weighted by Gasteiger charge is 2.07. The molecule has 0 aromatic carbocycles. The van der Waals surface area contributed by atoms with Gasteiger partial charge in [0.1, 0.15) is 0 Å². The predicted molar refractivity (Wildman–Crippen MR) is 75.5 cm³/mol. The molecule has 0 fully saturated rings. The van der Waals surface area contributed by atoms with E-state index in [9.17, 15) is 0 Å². The molecule has 0 aliphatic heterocycles. The maximum Gasteiger partial charge on any atom is -0.0202 e. The van der Waals surface area contributed by atoms with Crippen LogP contribution >= 0.6 is 0 Å². The Morgan fingerprint density at radius 2 is 1.81 bits per heavy atom. The highest BCUT2D eigenvalue weighted by Crippen LogP contribution is 2.24. The Balaban J connectivity index is 5.05. The lowest BCUT2D eigenvalue weighted by Gasteiger charge is -2.14. The SMILES string of the molecule is C=C(C(=C\C=C/CC)/C(C)=C\CC)C(C)C. The first-order valence-corrected chi connectivity index (χ1v) is 6.27. The average molecular weight is 218 g/mol. The summed E-state index contributed by atoms with van der Waals surface area (Å²) in [5.41, 5.74) is 3.85. The Labute approximate surface area is 101 Å². The topological polar surface area (TPSA) is 0 Å². The van der Waals surface area contributed by atoms with Crippen molar-refractivity contribution in [1.29, 1.82) is 0 Å². The molecular weight excluding hydrogens is 192 g/mol. The molecule has 0 bridgehead atoms. The van der Waals surface area contributed by atoms with E-state index < -0.39 is 0 Å². The zero-order valence-corrected chi connectivity index (χ0v) is 11.5. The molecule has 0 radical (unpaired) electrons. The van der Waals surface area contributed by atoms with Crippen LogP contribution in [-0.2, 0) is 0 Å². The molecule has 0 spiro atoms. The van der Waals surface area contributed by atoms with E-state index in [4.69, 9.17) is 0 Å². The van der Waals surface area contributed by atoms with Gasteiger partial charge in [0.25, 0.3) is 0 Å². The maximum atomic E-state index is 4.19. The highest BCUT2D eigenvalue weighted by atomic mass is 14.1. The summed E-state index contributed by atoms with van der Waals surface area (Å²) in [4.78, 5) is 0. The standard InChI is InChI=1S/C16H26/c1-7-9-10-12-16(14(5)11-8-2)15(6)13(3)4/h9-13H,6-8H2,1-5H3/b10-9-,14-11-,16-12-. The number of rotatable bonds is 6. The third kappa shape index (κ3) is 5.16. The summed E-state index contributed by atoms with van der Waals surface area (Å²) in [5.74, 6) is 0.501. The van der Waals surface area contributed by atoms with Gasteiger partial charge in [0, 0.05) is 0 Å².